The summed E-state index contributed by atoms with van der Waals surface area (Å²) in [6, 6.07) is 0. The summed E-state index contributed by atoms with van der Waals surface area (Å²) in [5, 5.41) is 0. The average molecular weight is 196 g/mol. The van der Waals surface area contributed by atoms with Crippen molar-refractivity contribution in [3.05, 3.63) is 12.3 Å². The lowest BCUT2D eigenvalue weighted by molar-refractivity contribution is -0.205. The van der Waals surface area contributed by atoms with Crippen LogP contribution in [0.5, 0.6) is 0 Å². The number of rotatable bonds is 4. The minimum atomic E-state index is -4.31. The Labute approximate surface area is 76.6 Å². The minimum Gasteiger partial charge on any atom is -0.486 e. The van der Waals surface area contributed by atoms with Gasteiger partial charge in [-0.1, -0.05) is 20.4 Å². The van der Waals surface area contributed by atoms with Gasteiger partial charge in [0, 0.05) is 5.92 Å². The first-order chi connectivity index (χ1) is 5.79. The second-order valence-electron chi connectivity index (χ2n) is 3.08. The first-order valence-electron chi connectivity index (χ1n) is 4.21. The summed E-state index contributed by atoms with van der Waals surface area (Å²) in [6.45, 7) is 8.09. The highest BCUT2D eigenvalue weighted by Crippen LogP contribution is 2.26. The van der Waals surface area contributed by atoms with E-state index in [4.69, 9.17) is 0 Å². The molecule has 0 aromatic heterocycles. The Balaban J connectivity index is 4.07. The number of hydrogen-bond acceptors (Lipinski definition) is 1. The summed E-state index contributed by atoms with van der Waals surface area (Å²) in [4.78, 5) is 0. The third-order valence-electron chi connectivity index (χ3n) is 1.95. The van der Waals surface area contributed by atoms with Crippen LogP contribution in [0.4, 0.5) is 13.2 Å². The Morgan fingerprint density at radius 2 is 1.85 bits per heavy atom. The molecule has 13 heavy (non-hydrogen) atoms. The predicted molar refractivity (Wildman–Crippen MR) is 45.2 cm³/mol. The van der Waals surface area contributed by atoms with Gasteiger partial charge in [-0.15, -0.1) is 0 Å². The highest BCUT2D eigenvalue weighted by Gasteiger charge is 2.38. The van der Waals surface area contributed by atoms with Gasteiger partial charge < -0.3 is 4.74 Å². The van der Waals surface area contributed by atoms with Crippen molar-refractivity contribution in [3.63, 3.8) is 0 Å². The maximum absolute atomic E-state index is 12.0. The van der Waals surface area contributed by atoms with Crippen molar-refractivity contribution in [2.24, 2.45) is 5.92 Å². The minimum absolute atomic E-state index is 0.0372. The molecule has 0 fully saturated rings. The lowest BCUT2D eigenvalue weighted by Crippen LogP contribution is -2.29. The zero-order valence-electron chi connectivity index (χ0n) is 8.11. The number of hydrogen-bond donors (Lipinski definition) is 0. The van der Waals surface area contributed by atoms with E-state index in [0.717, 1.165) is 13.3 Å². The van der Waals surface area contributed by atoms with Crippen LogP contribution in [0, 0.1) is 5.92 Å². The van der Waals surface area contributed by atoms with Crippen molar-refractivity contribution >= 4 is 0 Å². The molecule has 0 aromatic rings. The molecule has 0 rings (SSSR count). The van der Waals surface area contributed by atoms with Crippen LogP contribution in [-0.4, -0.2) is 12.3 Å². The normalized spacial score (nSPS) is 16.5. The van der Waals surface area contributed by atoms with Crippen LogP contribution < -0.4 is 0 Å². The lowest BCUT2D eigenvalue weighted by atomic mass is 10.1. The van der Waals surface area contributed by atoms with Crippen LogP contribution in [-0.2, 0) is 4.74 Å². The maximum atomic E-state index is 12.0. The number of allylic oxidation sites excluding steroid dienone is 1. The molecule has 0 heterocycles. The summed E-state index contributed by atoms with van der Waals surface area (Å²) in [7, 11) is 0. The topological polar surface area (TPSA) is 9.23 Å². The zero-order valence-corrected chi connectivity index (χ0v) is 8.11. The summed E-state index contributed by atoms with van der Waals surface area (Å²) < 4.78 is 40.7. The molecule has 0 amide bonds. The van der Waals surface area contributed by atoms with Gasteiger partial charge in [-0.2, -0.15) is 13.2 Å². The molecule has 0 aliphatic heterocycles. The third-order valence-corrected chi connectivity index (χ3v) is 1.95. The van der Waals surface area contributed by atoms with Gasteiger partial charge in [0.25, 0.3) is 0 Å². The van der Waals surface area contributed by atoms with E-state index in [1.807, 2.05) is 6.92 Å². The fraction of sp³-hybridized carbons (Fsp3) is 0.778. The van der Waals surface area contributed by atoms with Crippen molar-refractivity contribution in [2.75, 3.05) is 0 Å². The molecular formula is C9H15F3O. The molecule has 0 radical (unpaired) electrons. The quantitative estimate of drug-likeness (QED) is 0.625. The summed E-state index contributed by atoms with van der Waals surface area (Å²) in [6.07, 6.45) is -5.35. The number of alkyl halides is 3. The molecule has 1 nitrogen and oxygen atoms in total. The van der Waals surface area contributed by atoms with E-state index in [1.165, 1.54) is 0 Å². The standard InChI is InChI=1S/C9H15F3O/c1-5-6(2)7(3)13-8(4)9(10,11)12/h6,8H,3,5H2,1-2,4H3. The fourth-order valence-electron chi connectivity index (χ4n) is 0.638. The van der Waals surface area contributed by atoms with Crippen molar-refractivity contribution in [3.8, 4) is 0 Å². The number of halogens is 3. The molecule has 0 saturated heterocycles. The molecule has 2 unspecified atom stereocenters. The molecule has 2 atom stereocenters. The largest absolute Gasteiger partial charge is 0.486 e. The number of ether oxygens (including phenoxy) is 1. The van der Waals surface area contributed by atoms with Crippen molar-refractivity contribution < 1.29 is 17.9 Å². The summed E-state index contributed by atoms with van der Waals surface area (Å²) >= 11 is 0. The van der Waals surface area contributed by atoms with E-state index in [1.54, 1.807) is 6.92 Å². The molecule has 0 aliphatic carbocycles. The SMILES string of the molecule is C=C(OC(C)C(F)(F)F)C(C)CC. The van der Waals surface area contributed by atoms with Gasteiger partial charge in [0.2, 0.25) is 0 Å². The monoisotopic (exact) mass is 196 g/mol. The second-order valence-corrected chi connectivity index (χ2v) is 3.08. The van der Waals surface area contributed by atoms with E-state index in [-0.39, 0.29) is 11.7 Å². The van der Waals surface area contributed by atoms with Gasteiger partial charge in [0.15, 0.2) is 6.10 Å². The highest BCUT2D eigenvalue weighted by atomic mass is 19.4. The third kappa shape index (κ3) is 4.20. The van der Waals surface area contributed by atoms with E-state index in [2.05, 4.69) is 11.3 Å². The molecule has 4 heteroatoms. The van der Waals surface area contributed by atoms with Crippen LogP contribution in [0.3, 0.4) is 0 Å². The molecule has 0 aromatic carbocycles. The first-order valence-corrected chi connectivity index (χ1v) is 4.21. The summed E-state index contributed by atoms with van der Waals surface area (Å²) in [5.74, 6) is 0.164. The molecular weight excluding hydrogens is 181 g/mol. The zero-order chi connectivity index (χ0) is 10.6. The van der Waals surface area contributed by atoms with Gasteiger partial charge >= 0.3 is 6.18 Å². The van der Waals surface area contributed by atoms with Gasteiger partial charge in [0.05, 0.1) is 5.76 Å². The summed E-state index contributed by atoms with van der Waals surface area (Å²) in [5.41, 5.74) is 0. The van der Waals surface area contributed by atoms with Crippen LogP contribution in [0.15, 0.2) is 12.3 Å². The Bertz CT molecular complexity index is 174. The molecule has 0 saturated carbocycles. The van der Waals surface area contributed by atoms with Crippen molar-refractivity contribution in [1.29, 1.82) is 0 Å². The smallest absolute Gasteiger partial charge is 0.425 e. The second kappa shape index (κ2) is 4.53. The maximum Gasteiger partial charge on any atom is 0.425 e. The Kier molecular flexibility index (Phi) is 4.30. The van der Waals surface area contributed by atoms with Gasteiger partial charge in [-0.05, 0) is 13.3 Å². The molecule has 0 N–H and O–H groups in total. The van der Waals surface area contributed by atoms with Crippen LogP contribution >= 0.6 is 0 Å². The Morgan fingerprint density at radius 1 is 1.38 bits per heavy atom. The van der Waals surface area contributed by atoms with Crippen LogP contribution in [0.1, 0.15) is 27.2 Å². The molecule has 78 valence electrons. The van der Waals surface area contributed by atoms with Crippen LogP contribution in [0.2, 0.25) is 0 Å². The lowest BCUT2D eigenvalue weighted by Gasteiger charge is -2.21. The average Bonchev–Trinajstić information content (AvgIpc) is 2.01. The van der Waals surface area contributed by atoms with E-state index < -0.39 is 12.3 Å². The molecule has 0 spiro atoms. The fourth-order valence-corrected chi connectivity index (χ4v) is 0.638. The van der Waals surface area contributed by atoms with Crippen LogP contribution in [0.25, 0.3) is 0 Å². The molecule has 0 bridgehead atoms. The Hall–Kier alpha value is -0.670. The van der Waals surface area contributed by atoms with Gasteiger partial charge in [0.1, 0.15) is 0 Å². The van der Waals surface area contributed by atoms with Crippen molar-refractivity contribution in [2.45, 2.75) is 39.5 Å². The van der Waals surface area contributed by atoms with Crippen molar-refractivity contribution in [1.82, 2.24) is 0 Å². The first kappa shape index (κ1) is 12.3. The molecule has 0 aliphatic rings. The highest BCUT2D eigenvalue weighted by molar-refractivity contribution is 4.89. The van der Waals surface area contributed by atoms with E-state index >= 15 is 0 Å². The van der Waals surface area contributed by atoms with Gasteiger partial charge in [-0.25, -0.2) is 0 Å². The van der Waals surface area contributed by atoms with E-state index in [0.29, 0.717) is 0 Å². The Morgan fingerprint density at radius 3 is 2.15 bits per heavy atom. The van der Waals surface area contributed by atoms with E-state index in [9.17, 15) is 13.2 Å². The van der Waals surface area contributed by atoms with Gasteiger partial charge in [-0.3, -0.25) is 0 Å². The predicted octanol–water partition coefficient (Wildman–Crippen LogP) is 3.51.